The molecule has 1 atom stereocenters. The molecule has 0 bridgehead atoms. The highest BCUT2D eigenvalue weighted by atomic mass is 79.9. The zero-order valence-electron chi connectivity index (χ0n) is 17.8. The molecule has 3 rings (SSSR count). The van der Waals surface area contributed by atoms with E-state index in [1.807, 2.05) is 31.2 Å². The molecule has 0 aliphatic rings. The molecular weight excluding hydrogens is 532 g/mol. The average molecular weight is 554 g/mol. The van der Waals surface area contributed by atoms with Gasteiger partial charge >= 0.3 is 0 Å². The van der Waals surface area contributed by atoms with Crippen molar-refractivity contribution in [2.75, 3.05) is 18.4 Å². The maximum Gasteiger partial charge on any atom is 0.261 e. The first-order chi connectivity index (χ1) is 15.7. The van der Waals surface area contributed by atoms with E-state index in [0.29, 0.717) is 11.4 Å². The molecular formula is C23H22BrClN2O5S. The molecule has 7 nitrogen and oxygen atoms in total. The minimum absolute atomic E-state index is 0.0380. The topological polar surface area (TPSA) is 93.7 Å². The lowest BCUT2D eigenvalue weighted by Gasteiger charge is -2.15. The fourth-order valence-electron chi connectivity index (χ4n) is 2.90. The third kappa shape index (κ3) is 6.86. The molecule has 3 aromatic carbocycles. The van der Waals surface area contributed by atoms with E-state index in [0.717, 1.165) is 10.0 Å². The smallest absolute Gasteiger partial charge is 0.261 e. The second-order valence-corrected chi connectivity index (χ2v) is 10.1. The van der Waals surface area contributed by atoms with Crippen LogP contribution in [0.3, 0.4) is 0 Å². The average Bonchev–Trinajstić information content (AvgIpc) is 2.79. The maximum atomic E-state index is 12.7. The summed E-state index contributed by atoms with van der Waals surface area (Å²) in [6, 6.07) is 17.9. The standard InChI is InChI=1S/C23H22BrClN2O5S/c1-15(16-3-5-17(24)6-4-16)26-23(28)14-32-22-12-11-20(13-21(22)25)33(29,30)27-18-7-9-19(31-2)10-8-18/h3-13,15,27H,14H2,1-2H3,(H,26,28)/t15-/m0/s1. The van der Waals surface area contributed by atoms with E-state index in [4.69, 9.17) is 21.1 Å². The lowest BCUT2D eigenvalue weighted by Crippen LogP contribution is -2.31. The summed E-state index contributed by atoms with van der Waals surface area (Å²) < 4.78 is 39.3. The van der Waals surface area contributed by atoms with Crippen molar-refractivity contribution in [1.82, 2.24) is 5.32 Å². The number of hydrogen-bond acceptors (Lipinski definition) is 5. The Morgan fingerprint density at radius 1 is 1.06 bits per heavy atom. The summed E-state index contributed by atoms with van der Waals surface area (Å²) in [4.78, 5) is 12.2. The highest BCUT2D eigenvalue weighted by Gasteiger charge is 2.17. The van der Waals surface area contributed by atoms with Crippen LogP contribution in [0, 0.1) is 0 Å². The van der Waals surface area contributed by atoms with E-state index in [9.17, 15) is 13.2 Å². The van der Waals surface area contributed by atoms with Gasteiger partial charge < -0.3 is 14.8 Å². The summed E-state index contributed by atoms with van der Waals surface area (Å²) in [6.07, 6.45) is 0. The summed E-state index contributed by atoms with van der Waals surface area (Å²) >= 11 is 9.58. The molecule has 2 N–H and O–H groups in total. The number of ether oxygens (including phenoxy) is 2. The molecule has 0 radical (unpaired) electrons. The van der Waals surface area contributed by atoms with Crippen molar-refractivity contribution >= 4 is 49.1 Å². The third-order valence-corrected chi connectivity index (χ3v) is 6.87. The normalized spacial score (nSPS) is 12.0. The Morgan fingerprint density at radius 3 is 2.33 bits per heavy atom. The van der Waals surface area contributed by atoms with Crippen molar-refractivity contribution in [3.8, 4) is 11.5 Å². The summed E-state index contributed by atoms with van der Waals surface area (Å²) in [5.41, 5.74) is 1.33. The fraction of sp³-hybridized carbons (Fsp3) is 0.174. The van der Waals surface area contributed by atoms with Gasteiger partial charge in [0.05, 0.1) is 23.1 Å². The van der Waals surface area contributed by atoms with Gasteiger partial charge in [-0.3, -0.25) is 9.52 Å². The molecule has 0 fully saturated rings. The Kier molecular flexibility index (Phi) is 8.23. The van der Waals surface area contributed by atoms with Crippen LogP contribution >= 0.6 is 27.5 Å². The molecule has 174 valence electrons. The van der Waals surface area contributed by atoms with Crippen LogP contribution < -0.4 is 19.5 Å². The van der Waals surface area contributed by atoms with Gasteiger partial charge in [-0.05, 0) is 67.1 Å². The largest absolute Gasteiger partial charge is 0.497 e. The first kappa shape index (κ1) is 24.9. The highest BCUT2D eigenvalue weighted by Crippen LogP contribution is 2.28. The number of carbonyl (C=O) groups is 1. The van der Waals surface area contributed by atoms with Crippen LogP contribution in [0.2, 0.25) is 5.02 Å². The van der Waals surface area contributed by atoms with Crippen LogP contribution in [-0.2, 0) is 14.8 Å². The van der Waals surface area contributed by atoms with Crippen LogP contribution in [-0.4, -0.2) is 28.0 Å². The number of methoxy groups -OCH3 is 1. The van der Waals surface area contributed by atoms with Gasteiger partial charge in [-0.2, -0.15) is 0 Å². The number of amides is 1. The molecule has 3 aromatic rings. The first-order valence-electron chi connectivity index (χ1n) is 9.82. The van der Waals surface area contributed by atoms with Gasteiger partial charge in [-0.25, -0.2) is 8.42 Å². The Labute approximate surface area is 206 Å². The summed E-state index contributed by atoms with van der Waals surface area (Å²) in [6.45, 7) is 1.60. The lowest BCUT2D eigenvalue weighted by atomic mass is 10.1. The van der Waals surface area contributed by atoms with Gasteiger partial charge in [0.2, 0.25) is 0 Å². The molecule has 0 aromatic heterocycles. The first-order valence-corrected chi connectivity index (χ1v) is 12.5. The molecule has 0 saturated heterocycles. The van der Waals surface area contributed by atoms with Gasteiger partial charge in [-0.1, -0.05) is 39.7 Å². The number of carbonyl (C=O) groups excluding carboxylic acids is 1. The van der Waals surface area contributed by atoms with E-state index in [2.05, 4.69) is 26.0 Å². The van der Waals surface area contributed by atoms with Gasteiger partial charge in [-0.15, -0.1) is 0 Å². The highest BCUT2D eigenvalue weighted by molar-refractivity contribution is 9.10. The predicted molar refractivity (Wildman–Crippen MR) is 131 cm³/mol. The van der Waals surface area contributed by atoms with Gasteiger partial charge in [0.15, 0.2) is 6.61 Å². The van der Waals surface area contributed by atoms with E-state index in [1.54, 1.807) is 24.3 Å². The second kappa shape index (κ2) is 10.9. The van der Waals surface area contributed by atoms with Crippen molar-refractivity contribution < 1.29 is 22.7 Å². The Hall–Kier alpha value is -2.75. The van der Waals surface area contributed by atoms with Crippen molar-refractivity contribution in [2.24, 2.45) is 0 Å². The third-order valence-electron chi connectivity index (χ3n) is 4.66. The zero-order valence-corrected chi connectivity index (χ0v) is 21.0. The number of benzene rings is 3. The maximum absolute atomic E-state index is 12.7. The van der Waals surface area contributed by atoms with Crippen LogP contribution in [0.25, 0.3) is 0 Å². The van der Waals surface area contributed by atoms with Crippen molar-refractivity contribution in [3.63, 3.8) is 0 Å². The Bertz CT molecular complexity index is 1220. The van der Waals surface area contributed by atoms with E-state index in [-0.39, 0.29) is 34.2 Å². The quantitative estimate of drug-likeness (QED) is 0.381. The minimum Gasteiger partial charge on any atom is -0.497 e. The molecule has 0 aliphatic carbocycles. The number of sulfonamides is 1. The van der Waals surface area contributed by atoms with Crippen LogP contribution in [0.1, 0.15) is 18.5 Å². The van der Waals surface area contributed by atoms with Gasteiger partial charge in [0.1, 0.15) is 11.5 Å². The molecule has 0 heterocycles. The number of halogens is 2. The van der Waals surface area contributed by atoms with Crippen LogP contribution in [0.5, 0.6) is 11.5 Å². The van der Waals surface area contributed by atoms with Crippen molar-refractivity contribution in [2.45, 2.75) is 17.9 Å². The summed E-state index contributed by atoms with van der Waals surface area (Å²) in [5, 5.41) is 2.91. The molecule has 10 heteroatoms. The molecule has 0 saturated carbocycles. The Balaban J connectivity index is 1.60. The van der Waals surface area contributed by atoms with Gasteiger partial charge in [0, 0.05) is 10.2 Å². The van der Waals surface area contributed by atoms with Gasteiger partial charge in [0.25, 0.3) is 15.9 Å². The number of hydrogen-bond donors (Lipinski definition) is 2. The molecule has 0 aliphatic heterocycles. The SMILES string of the molecule is COc1ccc(NS(=O)(=O)c2ccc(OCC(=O)N[C@@H](C)c3ccc(Br)cc3)c(Cl)c2)cc1. The van der Waals surface area contributed by atoms with E-state index >= 15 is 0 Å². The number of rotatable bonds is 9. The molecule has 33 heavy (non-hydrogen) atoms. The molecule has 0 spiro atoms. The van der Waals surface area contributed by atoms with E-state index < -0.39 is 10.0 Å². The second-order valence-electron chi connectivity index (χ2n) is 7.06. The number of nitrogens with one attached hydrogen (secondary N) is 2. The minimum atomic E-state index is -3.87. The van der Waals surface area contributed by atoms with Crippen LogP contribution in [0.4, 0.5) is 5.69 Å². The molecule has 0 unspecified atom stereocenters. The van der Waals surface area contributed by atoms with E-state index in [1.165, 1.54) is 25.3 Å². The van der Waals surface area contributed by atoms with Crippen LogP contribution in [0.15, 0.2) is 76.1 Å². The predicted octanol–water partition coefficient (Wildman–Crippen LogP) is 5.17. The lowest BCUT2D eigenvalue weighted by molar-refractivity contribution is -0.123. The Morgan fingerprint density at radius 2 is 1.73 bits per heavy atom. The fourth-order valence-corrected chi connectivity index (χ4v) is 4.55. The molecule has 1 amide bonds. The van der Waals surface area contributed by atoms with Crippen molar-refractivity contribution in [3.05, 3.63) is 81.8 Å². The monoisotopic (exact) mass is 552 g/mol. The summed E-state index contributed by atoms with van der Waals surface area (Å²) in [5.74, 6) is 0.476. The summed E-state index contributed by atoms with van der Waals surface area (Å²) in [7, 11) is -2.34. The van der Waals surface area contributed by atoms with Crippen molar-refractivity contribution in [1.29, 1.82) is 0 Å². The number of anilines is 1. The zero-order chi connectivity index (χ0) is 24.0.